The number of nitrogens with two attached hydrogens (primary N) is 1. The minimum Gasteiger partial charge on any atom is -0.496 e. The zero-order chi connectivity index (χ0) is 11.1. The van der Waals surface area contributed by atoms with E-state index >= 15 is 0 Å². The molecule has 1 unspecified atom stereocenters. The molecule has 0 saturated heterocycles. The number of hydrogen-bond acceptors (Lipinski definition) is 2. The first-order valence-corrected chi connectivity index (χ1v) is 5.49. The SMILES string of the molecule is COc1ccc(C(C)(N)C2CC2)cc1C. The molecule has 2 heteroatoms. The van der Waals surface area contributed by atoms with E-state index in [-0.39, 0.29) is 5.54 Å². The Labute approximate surface area is 91.4 Å². The molecule has 1 aromatic carbocycles. The van der Waals surface area contributed by atoms with Gasteiger partial charge >= 0.3 is 0 Å². The van der Waals surface area contributed by atoms with Gasteiger partial charge in [-0.15, -0.1) is 0 Å². The molecular weight excluding hydrogens is 186 g/mol. The topological polar surface area (TPSA) is 35.2 Å². The van der Waals surface area contributed by atoms with E-state index in [1.165, 1.54) is 18.4 Å². The van der Waals surface area contributed by atoms with Crippen molar-refractivity contribution in [1.82, 2.24) is 0 Å². The number of benzene rings is 1. The van der Waals surface area contributed by atoms with Crippen molar-refractivity contribution in [2.45, 2.75) is 32.2 Å². The van der Waals surface area contributed by atoms with Crippen LogP contribution in [0.5, 0.6) is 5.75 Å². The van der Waals surface area contributed by atoms with Crippen LogP contribution in [-0.4, -0.2) is 7.11 Å². The largest absolute Gasteiger partial charge is 0.496 e. The van der Waals surface area contributed by atoms with Gasteiger partial charge in [0, 0.05) is 5.54 Å². The average Bonchev–Trinajstić information content (AvgIpc) is 3.00. The van der Waals surface area contributed by atoms with Crippen LogP contribution < -0.4 is 10.5 Å². The average molecular weight is 205 g/mol. The first kappa shape index (κ1) is 10.5. The lowest BCUT2D eigenvalue weighted by atomic mass is 9.87. The normalized spacial score (nSPS) is 19.7. The highest BCUT2D eigenvalue weighted by Crippen LogP contribution is 2.44. The van der Waals surface area contributed by atoms with Crippen molar-refractivity contribution >= 4 is 0 Å². The Morgan fingerprint density at radius 3 is 2.53 bits per heavy atom. The second kappa shape index (κ2) is 3.53. The molecule has 0 heterocycles. The Bertz CT molecular complexity index is 367. The summed E-state index contributed by atoms with van der Waals surface area (Å²) in [6.07, 6.45) is 2.52. The van der Waals surface area contributed by atoms with E-state index in [4.69, 9.17) is 10.5 Å². The van der Waals surface area contributed by atoms with Gasteiger partial charge in [-0.05, 0) is 49.8 Å². The molecule has 1 saturated carbocycles. The number of rotatable bonds is 3. The third-order valence-corrected chi connectivity index (χ3v) is 3.44. The predicted molar refractivity (Wildman–Crippen MR) is 62.0 cm³/mol. The third-order valence-electron chi connectivity index (χ3n) is 3.44. The Kier molecular flexibility index (Phi) is 2.47. The van der Waals surface area contributed by atoms with Crippen LogP contribution in [-0.2, 0) is 5.54 Å². The van der Waals surface area contributed by atoms with Crippen LogP contribution in [0.3, 0.4) is 0 Å². The van der Waals surface area contributed by atoms with Crippen LogP contribution in [0.1, 0.15) is 30.9 Å². The van der Waals surface area contributed by atoms with Crippen LogP contribution in [0.2, 0.25) is 0 Å². The maximum Gasteiger partial charge on any atom is 0.121 e. The zero-order valence-electron chi connectivity index (χ0n) is 9.71. The Morgan fingerprint density at radius 2 is 2.07 bits per heavy atom. The van der Waals surface area contributed by atoms with Gasteiger partial charge in [0.2, 0.25) is 0 Å². The molecule has 1 fully saturated rings. The number of aryl methyl sites for hydroxylation is 1. The van der Waals surface area contributed by atoms with E-state index in [0.29, 0.717) is 5.92 Å². The minimum absolute atomic E-state index is 0.170. The molecule has 0 amide bonds. The van der Waals surface area contributed by atoms with E-state index < -0.39 is 0 Å². The fourth-order valence-corrected chi connectivity index (χ4v) is 2.13. The van der Waals surface area contributed by atoms with Crippen molar-refractivity contribution in [2.24, 2.45) is 11.7 Å². The molecule has 1 atom stereocenters. The van der Waals surface area contributed by atoms with Crippen molar-refractivity contribution in [3.8, 4) is 5.75 Å². The summed E-state index contributed by atoms with van der Waals surface area (Å²) in [6.45, 7) is 4.19. The molecule has 2 N–H and O–H groups in total. The quantitative estimate of drug-likeness (QED) is 0.823. The lowest BCUT2D eigenvalue weighted by Crippen LogP contribution is -2.35. The van der Waals surface area contributed by atoms with Gasteiger partial charge in [-0.2, -0.15) is 0 Å². The molecular formula is C13H19NO. The van der Waals surface area contributed by atoms with Crippen molar-refractivity contribution in [2.75, 3.05) is 7.11 Å². The molecule has 0 radical (unpaired) electrons. The van der Waals surface area contributed by atoms with Crippen LogP contribution in [0.15, 0.2) is 18.2 Å². The molecule has 1 aromatic rings. The monoisotopic (exact) mass is 205 g/mol. The van der Waals surface area contributed by atoms with Gasteiger partial charge in [-0.25, -0.2) is 0 Å². The zero-order valence-corrected chi connectivity index (χ0v) is 9.71. The van der Waals surface area contributed by atoms with Gasteiger partial charge in [0.1, 0.15) is 5.75 Å². The van der Waals surface area contributed by atoms with Crippen LogP contribution in [0, 0.1) is 12.8 Å². The highest BCUT2D eigenvalue weighted by atomic mass is 16.5. The van der Waals surface area contributed by atoms with Crippen LogP contribution >= 0.6 is 0 Å². The molecule has 15 heavy (non-hydrogen) atoms. The lowest BCUT2D eigenvalue weighted by Gasteiger charge is -2.25. The summed E-state index contributed by atoms with van der Waals surface area (Å²) < 4.78 is 5.25. The van der Waals surface area contributed by atoms with Crippen molar-refractivity contribution in [3.05, 3.63) is 29.3 Å². The second-order valence-corrected chi connectivity index (χ2v) is 4.74. The summed E-state index contributed by atoms with van der Waals surface area (Å²) in [5.74, 6) is 1.59. The fraction of sp³-hybridized carbons (Fsp3) is 0.538. The Balaban J connectivity index is 2.32. The fourth-order valence-electron chi connectivity index (χ4n) is 2.13. The summed E-state index contributed by atoms with van der Waals surface area (Å²) in [5.41, 5.74) is 8.58. The molecule has 0 aromatic heterocycles. The molecule has 0 aliphatic heterocycles. The molecule has 2 nitrogen and oxygen atoms in total. The summed E-state index contributed by atoms with van der Waals surface area (Å²) in [6, 6.07) is 6.25. The van der Waals surface area contributed by atoms with Gasteiger partial charge in [-0.3, -0.25) is 0 Å². The number of ether oxygens (including phenoxy) is 1. The molecule has 2 rings (SSSR count). The van der Waals surface area contributed by atoms with Gasteiger partial charge in [0.05, 0.1) is 7.11 Å². The van der Waals surface area contributed by atoms with Gasteiger partial charge in [-0.1, -0.05) is 12.1 Å². The molecule has 1 aliphatic carbocycles. The van der Waals surface area contributed by atoms with Gasteiger partial charge in [0.15, 0.2) is 0 Å². The maximum atomic E-state index is 6.36. The van der Waals surface area contributed by atoms with E-state index in [9.17, 15) is 0 Å². The van der Waals surface area contributed by atoms with E-state index in [1.807, 2.05) is 6.07 Å². The first-order chi connectivity index (χ1) is 7.05. The van der Waals surface area contributed by atoms with E-state index in [2.05, 4.69) is 26.0 Å². The van der Waals surface area contributed by atoms with Gasteiger partial charge < -0.3 is 10.5 Å². The highest BCUT2D eigenvalue weighted by molar-refractivity contribution is 5.39. The summed E-state index contributed by atoms with van der Waals surface area (Å²) in [7, 11) is 1.70. The van der Waals surface area contributed by atoms with Crippen LogP contribution in [0.25, 0.3) is 0 Å². The minimum atomic E-state index is -0.170. The van der Waals surface area contributed by atoms with Crippen molar-refractivity contribution in [1.29, 1.82) is 0 Å². The van der Waals surface area contributed by atoms with Crippen LogP contribution in [0.4, 0.5) is 0 Å². The van der Waals surface area contributed by atoms with Crippen molar-refractivity contribution in [3.63, 3.8) is 0 Å². The second-order valence-electron chi connectivity index (χ2n) is 4.74. The Hall–Kier alpha value is -1.02. The number of methoxy groups -OCH3 is 1. The third kappa shape index (κ3) is 1.86. The summed E-state index contributed by atoms with van der Waals surface area (Å²) >= 11 is 0. The molecule has 0 spiro atoms. The summed E-state index contributed by atoms with van der Waals surface area (Å²) in [5, 5.41) is 0. The highest BCUT2D eigenvalue weighted by Gasteiger charge is 2.39. The van der Waals surface area contributed by atoms with Crippen molar-refractivity contribution < 1.29 is 4.74 Å². The predicted octanol–water partition coefficient (Wildman–Crippen LogP) is 2.59. The van der Waals surface area contributed by atoms with E-state index in [1.54, 1.807) is 7.11 Å². The van der Waals surface area contributed by atoms with E-state index in [0.717, 1.165) is 11.3 Å². The lowest BCUT2D eigenvalue weighted by molar-refractivity contribution is 0.406. The smallest absolute Gasteiger partial charge is 0.121 e. The maximum absolute atomic E-state index is 6.36. The number of hydrogen-bond donors (Lipinski definition) is 1. The Morgan fingerprint density at radius 1 is 1.40 bits per heavy atom. The molecule has 82 valence electrons. The molecule has 1 aliphatic rings. The van der Waals surface area contributed by atoms with Gasteiger partial charge in [0.25, 0.3) is 0 Å². The first-order valence-electron chi connectivity index (χ1n) is 5.49. The molecule has 0 bridgehead atoms. The standard InChI is InChI=1S/C13H19NO/c1-9-8-11(6-7-12(9)15-3)13(2,14)10-4-5-10/h6-8,10H,4-5,14H2,1-3H3. The summed E-state index contributed by atoms with van der Waals surface area (Å²) in [4.78, 5) is 0.